The maximum atomic E-state index is 12.4. The lowest BCUT2D eigenvalue weighted by atomic mass is 10.1. The van der Waals surface area contributed by atoms with Crippen molar-refractivity contribution in [1.29, 1.82) is 0 Å². The van der Waals surface area contributed by atoms with Gasteiger partial charge in [0, 0.05) is 16.3 Å². The topological polar surface area (TPSA) is 154 Å². The van der Waals surface area contributed by atoms with Crippen molar-refractivity contribution in [3.05, 3.63) is 94.8 Å². The molecule has 4 rings (SSSR count). The number of amides is 2. The number of hydrogen-bond acceptors (Lipinski definition) is 7. The number of nitrogens with zero attached hydrogens (tertiary/aromatic N) is 3. The van der Waals surface area contributed by atoms with Crippen LogP contribution in [0.2, 0.25) is 10.0 Å². The molecule has 4 N–H and O–H groups in total. The molecule has 2 aromatic heterocycles. The van der Waals surface area contributed by atoms with Gasteiger partial charge in [-0.15, -0.1) is 0 Å². The number of hydrogen-bond donors (Lipinski definition) is 3. The van der Waals surface area contributed by atoms with E-state index in [0.717, 1.165) is 13.8 Å². The molecular formula is C21H15BrCl2N6O5. The zero-order valence-corrected chi connectivity index (χ0v) is 20.6. The number of carbonyl (C=O) groups is 2. The quantitative estimate of drug-likeness (QED) is 0.185. The van der Waals surface area contributed by atoms with Gasteiger partial charge < -0.3 is 10.3 Å². The molecule has 2 amide bonds. The van der Waals surface area contributed by atoms with Crippen molar-refractivity contribution in [2.24, 2.45) is 0 Å². The van der Waals surface area contributed by atoms with E-state index in [4.69, 9.17) is 33.5 Å². The number of benzene rings is 2. The number of rotatable bonds is 5. The summed E-state index contributed by atoms with van der Waals surface area (Å²) in [4.78, 5) is 49.2. The molecule has 4 aromatic rings. The lowest BCUT2D eigenvalue weighted by molar-refractivity contribution is -0.122. The van der Waals surface area contributed by atoms with Crippen LogP contribution in [0.25, 0.3) is 11.0 Å². The van der Waals surface area contributed by atoms with Crippen molar-refractivity contribution in [2.75, 3.05) is 5.84 Å². The number of nitrogens with one attached hydrogen (secondary N) is 2. The van der Waals surface area contributed by atoms with Crippen molar-refractivity contribution < 1.29 is 14.0 Å². The second-order valence-corrected chi connectivity index (χ2v) is 9.01. The van der Waals surface area contributed by atoms with Gasteiger partial charge in [-0.1, -0.05) is 45.2 Å². The lowest BCUT2D eigenvalue weighted by Crippen LogP contribution is -2.45. The van der Waals surface area contributed by atoms with Crippen LogP contribution in [0.4, 0.5) is 0 Å². The Hall–Kier alpha value is -3.61. The van der Waals surface area contributed by atoms with Gasteiger partial charge in [-0.25, -0.2) is 14.3 Å². The Morgan fingerprint density at radius 3 is 2.57 bits per heavy atom. The molecule has 2 heterocycles. The van der Waals surface area contributed by atoms with E-state index >= 15 is 0 Å². The third-order valence-electron chi connectivity index (χ3n) is 4.84. The van der Waals surface area contributed by atoms with Crippen LogP contribution in [0.3, 0.4) is 0 Å². The number of halogens is 3. The molecule has 0 aliphatic heterocycles. The van der Waals surface area contributed by atoms with E-state index in [1.165, 1.54) is 6.07 Å². The van der Waals surface area contributed by atoms with Gasteiger partial charge in [-0.3, -0.25) is 20.4 Å². The maximum absolute atomic E-state index is 12.4. The van der Waals surface area contributed by atoms with Gasteiger partial charge in [-0.05, 0) is 42.0 Å². The van der Waals surface area contributed by atoms with Crippen LogP contribution in [-0.4, -0.2) is 26.3 Å². The van der Waals surface area contributed by atoms with Crippen LogP contribution in [0.1, 0.15) is 21.7 Å². The Balaban J connectivity index is 1.43. The predicted molar refractivity (Wildman–Crippen MR) is 132 cm³/mol. The van der Waals surface area contributed by atoms with Crippen molar-refractivity contribution in [1.82, 2.24) is 25.3 Å². The number of aromatic nitrogens is 3. The first-order valence-corrected chi connectivity index (χ1v) is 11.4. The van der Waals surface area contributed by atoms with Crippen molar-refractivity contribution in [3.63, 3.8) is 0 Å². The molecule has 2 aromatic carbocycles. The minimum absolute atomic E-state index is 0.155. The van der Waals surface area contributed by atoms with Crippen LogP contribution in [0.15, 0.2) is 60.9 Å². The molecule has 0 saturated heterocycles. The minimum atomic E-state index is -0.897. The first-order chi connectivity index (χ1) is 16.6. The molecule has 0 atom stereocenters. The maximum Gasteiger partial charge on any atom is 0.365 e. The molecule has 0 radical (unpaired) electrons. The van der Waals surface area contributed by atoms with Gasteiger partial charge in [0.25, 0.3) is 11.8 Å². The third-order valence-corrected chi connectivity index (χ3v) is 6.07. The van der Waals surface area contributed by atoms with Gasteiger partial charge in [0.1, 0.15) is 17.7 Å². The standard InChI is InChI=1S/C21H15BrCl2N6O5/c22-12-2-4-16-11(7-12)8-13(20(33)35-16)19(32)27-26-18(31)9-29-21(34)30(25)17(28-29)6-10-1-3-14(23)15(24)5-10/h1-5,7-8H,6,9,25H2,(H,26,31)(H,27,32). The van der Waals surface area contributed by atoms with E-state index in [0.29, 0.717) is 26.6 Å². The fourth-order valence-corrected chi connectivity index (χ4v) is 3.84. The minimum Gasteiger partial charge on any atom is -0.422 e. The van der Waals surface area contributed by atoms with E-state index in [9.17, 15) is 19.2 Å². The number of nitrogens with two attached hydrogens (primary N) is 1. The van der Waals surface area contributed by atoms with Gasteiger partial charge in [0.15, 0.2) is 5.82 Å². The lowest BCUT2D eigenvalue weighted by Gasteiger charge is -2.07. The van der Waals surface area contributed by atoms with Gasteiger partial charge in [0.2, 0.25) is 0 Å². The molecule has 0 fully saturated rings. The highest BCUT2D eigenvalue weighted by atomic mass is 79.9. The molecule has 0 unspecified atom stereocenters. The SMILES string of the molecule is Nn1c(Cc2ccc(Cl)c(Cl)c2)nn(CC(=O)NNC(=O)c2cc3cc(Br)ccc3oc2=O)c1=O. The summed E-state index contributed by atoms with van der Waals surface area (Å²) in [6, 6.07) is 11.2. The Morgan fingerprint density at radius 1 is 1.06 bits per heavy atom. The number of fused-ring (bicyclic) bond motifs is 1. The zero-order valence-electron chi connectivity index (χ0n) is 17.5. The summed E-state index contributed by atoms with van der Waals surface area (Å²) in [6.07, 6.45) is 0.155. The van der Waals surface area contributed by atoms with Crippen molar-refractivity contribution in [2.45, 2.75) is 13.0 Å². The van der Waals surface area contributed by atoms with Crippen LogP contribution in [0, 0.1) is 0 Å². The highest BCUT2D eigenvalue weighted by Gasteiger charge is 2.17. The second kappa shape index (κ2) is 9.94. The summed E-state index contributed by atoms with van der Waals surface area (Å²) >= 11 is 15.2. The van der Waals surface area contributed by atoms with E-state index in [2.05, 4.69) is 31.9 Å². The average molecular weight is 582 g/mol. The van der Waals surface area contributed by atoms with Crippen LogP contribution >= 0.6 is 39.1 Å². The van der Waals surface area contributed by atoms with Crippen LogP contribution < -0.4 is 28.0 Å². The van der Waals surface area contributed by atoms with Gasteiger partial charge in [-0.2, -0.15) is 9.77 Å². The fourth-order valence-electron chi connectivity index (χ4n) is 3.14. The summed E-state index contributed by atoms with van der Waals surface area (Å²) in [6.45, 7) is -0.545. The molecule has 35 heavy (non-hydrogen) atoms. The largest absolute Gasteiger partial charge is 0.422 e. The van der Waals surface area contributed by atoms with E-state index in [1.54, 1.807) is 36.4 Å². The Labute approximate surface area is 214 Å². The Morgan fingerprint density at radius 2 is 1.83 bits per heavy atom. The molecule has 0 spiro atoms. The second-order valence-electron chi connectivity index (χ2n) is 7.28. The van der Waals surface area contributed by atoms with Crippen molar-refractivity contribution in [3.8, 4) is 0 Å². The monoisotopic (exact) mass is 580 g/mol. The molecule has 14 heteroatoms. The normalized spacial score (nSPS) is 10.9. The summed E-state index contributed by atoms with van der Waals surface area (Å²) in [5.74, 6) is 4.27. The summed E-state index contributed by atoms with van der Waals surface area (Å²) in [7, 11) is 0. The summed E-state index contributed by atoms with van der Waals surface area (Å²) in [5, 5.41) is 5.27. The number of hydrazine groups is 1. The zero-order chi connectivity index (χ0) is 25.3. The Kier molecular flexibility index (Phi) is 6.96. The van der Waals surface area contributed by atoms with E-state index in [-0.39, 0.29) is 17.8 Å². The molecule has 0 aliphatic carbocycles. The summed E-state index contributed by atoms with van der Waals surface area (Å²) in [5.41, 5.74) is 3.29. The fraction of sp³-hybridized carbons (Fsp3) is 0.0952. The van der Waals surface area contributed by atoms with Crippen molar-refractivity contribution >= 4 is 61.9 Å². The molecule has 0 aliphatic rings. The predicted octanol–water partition coefficient (Wildman–Crippen LogP) is 1.99. The molecule has 0 bridgehead atoms. The molecule has 0 saturated carbocycles. The molecular weight excluding hydrogens is 567 g/mol. The highest BCUT2D eigenvalue weighted by molar-refractivity contribution is 9.10. The van der Waals surface area contributed by atoms with Gasteiger partial charge >= 0.3 is 11.3 Å². The van der Waals surface area contributed by atoms with E-state index < -0.39 is 29.7 Å². The first kappa shape index (κ1) is 24.5. The number of carbonyl (C=O) groups excluding carboxylic acids is 2. The average Bonchev–Trinajstić information content (AvgIpc) is 3.07. The molecule has 11 nitrogen and oxygen atoms in total. The van der Waals surface area contributed by atoms with E-state index in [1.807, 2.05) is 0 Å². The van der Waals surface area contributed by atoms with Crippen LogP contribution in [0.5, 0.6) is 0 Å². The Bertz CT molecular complexity index is 1600. The molecule has 180 valence electrons. The summed E-state index contributed by atoms with van der Waals surface area (Å²) < 4.78 is 7.48. The van der Waals surface area contributed by atoms with Crippen LogP contribution in [-0.2, 0) is 17.8 Å². The number of nitrogen functional groups attached to an aromatic ring is 1. The van der Waals surface area contributed by atoms with Gasteiger partial charge in [0.05, 0.1) is 10.0 Å². The first-order valence-electron chi connectivity index (χ1n) is 9.82. The smallest absolute Gasteiger partial charge is 0.365 e. The highest BCUT2D eigenvalue weighted by Crippen LogP contribution is 2.23. The third kappa shape index (κ3) is 5.39.